The molecule has 21 heavy (non-hydrogen) atoms. The summed E-state index contributed by atoms with van der Waals surface area (Å²) in [4.78, 5) is 0.217. The number of benzene rings is 2. The number of rotatable bonds is 6. The van der Waals surface area contributed by atoms with Crippen molar-refractivity contribution >= 4 is 21.6 Å². The quantitative estimate of drug-likeness (QED) is 0.888. The van der Waals surface area contributed by atoms with Crippen LogP contribution < -0.4 is 9.46 Å². The molecule has 0 aliphatic heterocycles. The molecule has 0 bridgehead atoms. The van der Waals surface area contributed by atoms with E-state index in [0.29, 0.717) is 23.7 Å². The maximum atomic E-state index is 12.1. The largest absolute Gasteiger partial charge is 0.497 e. The molecule has 0 aliphatic rings. The van der Waals surface area contributed by atoms with E-state index < -0.39 is 10.0 Å². The van der Waals surface area contributed by atoms with Crippen LogP contribution in [0.2, 0.25) is 5.02 Å². The highest BCUT2D eigenvalue weighted by atomic mass is 35.5. The van der Waals surface area contributed by atoms with Crippen molar-refractivity contribution in [2.24, 2.45) is 0 Å². The van der Waals surface area contributed by atoms with Crippen molar-refractivity contribution in [3.8, 4) is 5.75 Å². The molecule has 0 heterocycles. The zero-order valence-corrected chi connectivity index (χ0v) is 13.1. The lowest BCUT2D eigenvalue weighted by atomic mass is 10.2. The Morgan fingerprint density at radius 2 is 1.86 bits per heavy atom. The molecule has 6 heteroatoms. The Morgan fingerprint density at radius 1 is 1.14 bits per heavy atom. The Labute approximate surface area is 129 Å². The van der Waals surface area contributed by atoms with Crippen LogP contribution in [0.15, 0.2) is 53.4 Å². The molecule has 2 aromatic rings. The van der Waals surface area contributed by atoms with E-state index in [0.717, 1.165) is 5.56 Å². The average molecular weight is 326 g/mol. The predicted octanol–water partition coefficient (Wildman–Crippen LogP) is 2.87. The minimum Gasteiger partial charge on any atom is -0.497 e. The fraction of sp³-hybridized carbons (Fsp3) is 0.200. The van der Waals surface area contributed by atoms with Crippen LogP contribution in [0, 0.1) is 0 Å². The molecule has 0 aromatic heterocycles. The molecule has 0 aliphatic carbocycles. The third kappa shape index (κ3) is 4.46. The molecule has 0 atom stereocenters. The van der Waals surface area contributed by atoms with Crippen molar-refractivity contribution in [1.29, 1.82) is 0 Å². The number of methoxy groups -OCH3 is 1. The van der Waals surface area contributed by atoms with Gasteiger partial charge in [-0.2, -0.15) is 0 Å². The first-order valence-corrected chi connectivity index (χ1v) is 8.25. The number of hydrogen-bond acceptors (Lipinski definition) is 3. The lowest BCUT2D eigenvalue weighted by Crippen LogP contribution is -2.25. The second-order valence-corrected chi connectivity index (χ2v) is 6.66. The summed E-state index contributed by atoms with van der Waals surface area (Å²) >= 11 is 5.89. The van der Waals surface area contributed by atoms with Gasteiger partial charge in [-0.1, -0.05) is 23.7 Å². The minimum atomic E-state index is -3.50. The summed E-state index contributed by atoms with van der Waals surface area (Å²) in [5.74, 6) is 0.618. The summed E-state index contributed by atoms with van der Waals surface area (Å²) < 4.78 is 31.8. The molecular weight excluding hydrogens is 310 g/mol. The van der Waals surface area contributed by atoms with Gasteiger partial charge in [0, 0.05) is 11.6 Å². The van der Waals surface area contributed by atoms with E-state index >= 15 is 0 Å². The van der Waals surface area contributed by atoms with Crippen LogP contribution in [-0.4, -0.2) is 22.1 Å². The third-order valence-electron chi connectivity index (χ3n) is 2.96. The van der Waals surface area contributed by atoms with Gasteiger partial charge in [-0.15, -0.1) is 0 Å². The molecule has 2 aromatic carbocycles. The Hall–Kier alpha value is -1.56. The molecule has 0 amide bonds. The Bertz CT molecular complexity index is 699. The average Bonchev–Trinajstić information content (AvgIpc) is 2.47. The van der Waals surface area contributed by atoms with E-state index in [1.165, 1.54) is 19.2 Å². The topological polar surface area (TPSA) is 55.4 Å². The smallest absolute Gasteiger partial charge is 0.240 e. The van der Waals surface area contributed by atoms with E-state index in [1.807, 2.05) is 18.2 Å². The van der Waals surface area contributed by atoms with Gasteiger partial charge in [0.2, 0.25) is 10.0 Å². The third-order valence-corrected chi connectivity index (χ3v) is 4.68. The van der Waals surface area contributed by atoms with Gasteiger partial charge in [0.05, 0.1) is 12.0 Å². The first kappa shape index (κ1) is 15.8. The lowest BCUT2D eigenvalue weighted by Gasteiger charge is -2.08. The van der Waals surface area contributed by atoms with Crippen LogP contribution in [0.4, 0.5) is 0 Å². The van der Waals surface area contributed by atoms with Gasteiger partial charge in [0.15, 0.2) is 0 Å². The van der Waals surface area contributed by atoms with Crippen molar-refractivity contribution in [3.05, 3.63) is 59.1 Å². The summed E-state index contributed by atoms with van der Waals surface area (Å²) in [6.45, 7) is 0.314. The summed E-state index contributed by atoms with van der Waals surface area (Å²) in [7, 11) is -1.97. The van der Waals surface area contributed by atoms with Gasteiger partial charge in [0.25, 0.3) is 0 Å². The van der Waals surface area contributed by atoms with E-state index in [2.05, 4.69) is 4.72 Å². The minimum absolute atomic E-state index is 0.217. The first-order valence-electron chi connectivity index (χ1n) is 6.39. The highest BCUT2D eigenvalue weighted by Crippen LogP contribution is 2.15. The Morgan fingerprint density at radius 3 is 2.48 bits per heavy atom. The van der Waals surface area contributed by atoms with Crippen LogP contribution in [0.25, 0.3) is 0 Å². The van der Waals surface area contributed by atoms with Gasteiger partial charge >= 0.3 is 0 Å². The molecule has 0 fully saturated rings. The summed E-state index contributed by atoms with van der Waals surface area (Å²) in [5.41, 5.74) is 0.986. The fourth-order valence-electron chi connectivity index (χ4n) is 1.86. The summed E-state index contributed by atoms with van der Waals surface area (Å²) in [5, 5.41) is 0.644. The maximum Gasteiger partial charge on any atom is 0.240 e. The van der Waals surface area contributed by atoms with E-state index in [-0.39, 0.29) is 4.90 Å². The van der Waals surface area contributed by atoms with Crippen LogP contribution in [-0.2, 0) is 16.4 Å². The first-order chi connectivity index (χ1) is 10.0. The van der Waals surface area contributed by atoms with Gasteiger partial charge in [-0.25, -0.2) is 13.1 Å². The summed E-state index contributed by atoms with van der Waals surface area (Å²) in [6.07, 6.45) is 0.579. The molecule has 112 valence electrons. The van der Waals surface area contributed by atoms with Crippen molar-refractivity contribution in [2.75, 3.05) is 13.7 Å². The Balaban J connectivity index is 1.97. The number of hydrogen-bond donors (Lipinski definition) is 1. The lowest BCUT2D eigenvalue weighted by molar-refractivity contribution is 0.414. The van der Waals surface area contributed by atoms with Crippen molar-refractivity contribution in [2.45, 2.75) is 11.3 Å². The Kier molecular flexibility index (Phi) is 5.22. The number of sulfonamides is 1. The highest BCUT2D eigenvalue weighted by molar-refractivity contribution is 7.89. The molecule has 0 radical (unpaired) electrons. The molecule has 0 saturated carbocycles. The molecule has 1 N–H and O–H groups in total. The second kappa shape index (κ2) is 6.93. The van der Waals surface area contributed by atoms with Crippen LogP contribution in [0.5, 0.6) is 5.75 Å². The normalized spacial score (nSPS) is 11.3. The van der Waals surface area contributed by atoms with Gasteiger partial charge < -0.3 is 4.74 Å². The molecule has 2 rings (SSSR count). The molecule has 4 nitrogen and oxygen atoms in total. The zero-order chi connectivity index (χ0) is 15.3. The predicted molar refractivity (Wildman–Crippen MR) is 83.3 cm³/mol. The van der Waals surface area contributed by atoms with Crippen molar-refractivity contribution in [3.63, 3.8) is 0 Å². The van der Waals surface area contributed by atoms with Crippen LogP contribution >= 0.6 is 11.6 Å². The number of ether oxygens (including phenoxy) is 1. The SMILES string of the molecule is COc1ccc(S(=O)(=O)NCCc2cccc(Cl)c2)cc1. The van der Waals surface area contributed by atoms with E-state index in [4.69, 9.17) is 16.3 Å². The standard InChI is InChI=1S/C15H16ClNO3S/c1-20-14-5-7-15(8-6-14)21(18,19)17-10-9-12-3-2-4-13(16)11-12/h2-8,11,17H,9-10H2,1H3. The fourth-order valence-corrected chi connectivity index (χ4v) is 3.11. The van der Waals surface area contributed by atoms with E-state index in [9.17, 15) is 8.42 Å². The number of halogens is 1. The van der Waals surface area contributed by atoms with Crippen LogP contribution in [0.1, 0.15) is 5.56 Å². The molecule has 0 unspecified atom stereocenters. The van der Waals surface area contributed by atoms with Gasteiger partial charge in [-0.05, 0) is 48.4 Å². The molecule has 0 saturated heterocycles. The van der Waals surface area contributed by atoms with Crippen LogP contribution in [0.3, 0.4) is 0 Å². The van der Waals surface area contributed by atoms with Gasteiger partial charge in [-0.3, -0.25) is 0 Å². The monoisotopic (exact) mass is 325 g/mol. The molecule has 0 spiro atoms. The van der Waals surface area contributed by atoms with Crippen molar-refractivity contribution < 1.29 is 13.2 Å². The maximum absolute atomic E-state index is 12.1. The van der Waals surface area contributed by atoms with E-state index in [1.54, 1.807) is 18.2 Å². The molecular formula is C15H16ClNO3S. The highest BCUT2D eigenvalue weighted by Gasteiger charge is 2.13. The number of nitrogens with one attached hydrogen (secondary N) is 1. The van der Waals surface area contributed by atoms with Gasteiger partial charge in [0.1, 0.15) is 5.75 Å². The summed E-state index contributed by atoms with van der Waals surface area (Å²) in [6, 6.07) is 13.6. The second-order valence-electron chi connectivity index (χ2n) is 4.45. The zero-order valence-electron chi connectivity index (χ0n) is 11.5. The van der Waals surface area contributed by atoms with Crippen molar-refractivity contribution in [1.82, 2.24) is 4.72 Å².